The van der Waals surface area contributed by atoms with Crippen LogP contribution in [0.15, 0.2) is 12.3 Å². The van der Waals surface area contributed by atoms with Crippen LogP contribution >= 0.6 is 0 Å². The van der Waals surface area contributed by atoms with E-state index in [0.29, 0.717) is 13.2 Å². The SMILES string of the molecule is CCN(C(=O)c1cc([N+](=O)[O-])cnc1N)C(C)COC. The topological polar surface area (TPSA) is 112 Å². The number of carbonyl (C=O) groups excluding carboxylic acids is 1. The van der Waals surface area contributed by atoms with Gasteiger partial charge in [0.15, 0.2) is 0 Å². The molecule has 0 radical (unpaired) electrons. The summed E-state index contributed by atoms with van der Waals surface area (Å²) < 4.78 is 5.02. The van der Waals surface area contributed by atoms with Gasteiger partial charge in [-0.2, -0.15) is 0 Å². The number of nitrogens with zero attached hydrogens (tertiary/aromatic N) is 3. The molecule has 0 aromatic carbocycles. The first-order valence-electron chi connectivity index (χ1n) is 6.12. The Kier molecular flexibility index (Phi) is 5.39. The number of rotatable bonds is 6. The van der Waals surface area contributed by atoms with Gasteiger partial charge >= 0.3 is 0 Å². The van der Waals surface area contributed by atoms with E-state index in [1.165, 1.54) is 12.0 Å². The predicted octanol–water partition coefficient (Wildman–Crippen LogP) is 1.07. The summed E-state index contributed by atoms with van der Waals surface area (Å²) in [6.07, 6.45) is 1.03. The lowest BCUT2D eigenvalue weighted by molar-refractivity contribution is -0.385. The van der Waals surface area contributed by atoms with Gasteiger partial charge in [0.1, 0.15) is 12.0 Å². The summed E-state index contributed by atoms with van der Waals surface area (Å²) in [4.78, 5) is 27.8. The second kappa shape index (κ2) is 6.80. The van der Waals surface area contributed by atoms with E-state index in [0.717, 1.165) is 12.3 Å². The molecule has 20 heavy (non-hydrogen) atoms. The molecule has 1 aromatic rings. The van der Waals surface area contributed by atoms with Crippen LogP contribution in [-0.2, 0) is 4.74 Å². The molecule has 0 aliphatic carbocycles. The summed E-state index contributed by atoms with van der Waals surface area (Å²) in [6, 6.07) is 0.975. The lowest BCUT2D eigenvalue weighted by atomic mass is 10.1. The highest BCUT2D eigenvalue weighted by Gasteiger charge is 2.24. The lowest BCUT2D eigenvalue weighted by Crippen LogP contribution is -2.41. The van der Waals surface area contributed by atoms with Crippen LogP contribution in [0.4, 0.5) is 11.5 Å². The van der Waals surface area contributed by atoms with Crippen molar-refractivity contribution in [3.63, 3.8) is 0 Å². The number of hydrogen-bond acceptors (Lipinski definition) is 6. The van der Waals surface area contributed by atoms with Gasteiger partial charge in [0.2, 0.25) is 0 Å². The Morgan fingerprint density at radius 1 is 1.65 bits per heavy atom. The summed E-state index contributed by atoms with van der Waals surface area (Å²) in [5.41, 5.74) is 5.41. The van der Waals surface area contributed by atoms with Crippen LogP contribution in [0, 0.1) is 10.1 Å². The smallest absolute Gasteiger partial charge is 0.288 e. The van der Waals surface area contributed by atoms with Gasteiger partial charge in [0, 0.05) is 19.7 Å². The summed E-state index contributed by atoms with van der Waals surface area (Å²) >= 11 is 0. The number of amides is 1. The van der Waals surface area contributed by atoms with Crippen LogP contribution in [0.5, 0.6) is 0 Å². The molecule has 1 atom stereocenters. The Morgan fingerprint density at radius 3 is 2.80 bits per heavy atom. The number of pyridine rings is 1. The average Bonchev–Trinajstić information content (AvgIpc) is 2.39. The van der Waals surface area contributed by atoms with Crippen LogP contribution in [0.3, 0.4) is 0 Å². The van der Waals surface area contributed by atoms with Crippen molar-refractivity contribution >= 4 is 17.4 Å². The second-order valence-electron chi connectivity index (χ2n) is 4.28. The molecule has 8 heteroatoms. The molecule has 0 saturated carbocycles. The van der Waals surface area contributed by atoms with E-state index >= 15 is 0 Å². The molecule has 0 bridgehead atoms. The number of hydrogen-bond donors (Lipinski definition) is 1. The van der Waals surface area contributed by atoms with E-state index in [9.17, 15) is 14.9 Å². The van der Waals surface area contributed by atoms with Gasteiger partial charge in [-0.15, -0.1) is 0 Å². The number of ether oxygens (including phenoxy) is 1. The minimum atomic E-state index is -0.613. The zero-order valence-electron chi connectivity index (χ0n) is 11.7. The summed E-state index contributed by atoms with van der Waals surface area (Å²) in [5.74, 6) is -0.422. The number of methoxy groups -OCH3 is 1. The third kappa shape index (κ3) is 3.41. The first kappa shape index (κ1) is 15.8. The molecule has 0 spiro atoms. The number of likely N-dealkylation sites (N-methyl/N-ethyl adjacent to an activating group) is 1. The monoisotopic (exact) mass is 282 g/mol. The van der Waals surface area contributed by atoms with E-state index in [2.05, 4.69) is 4.98 Å². The van der Waals surface area contributed by atoms with E-state index in [-0.39, 0.29) is 23.1 Å². The number of carbonyl (C=O) groups is 1. The molecule has 0 aliphatic heterocycles. The molecule has 2 N–H and O–H groups in total. The van der Waals surface area contributed by atoms with Gasteiger partial charge in [-0.3, -0.25) is 14.9 Å². The highest BCUT2D eigenvalue weighted by molar-refractivity contribution is 5.99. The summed E-state index contributed by atoms with van der Waals surface area (Å²) in [5, 5.41) is 10.7. The molecule has 1 aromatic heterocycles. The van der Waals surface area contributed by atoms with Crippen LogP contribution in [0.1, 0.15) is 24.2 Å². The first-order chi connectivity index (χ1) is 9.42. The molecule has 1 amide bonds. The van der Waals surface area contributed by atoms with Crippen molar-refractivity contribution in [2.75, 3.05) is 26.0 Å². The number of nitrogens with two attached hydrogens (primary N) is 1. The van der Waals surface area contributed by atoms with Gasteiger partial charge in [-0.05, 0) is 13.8 Å². The Bertz CT molecular complexity index is 506. The fourth-order valence-corrected chi connectivity index (χ4v) is 1.88. The van der Waals surface area contributed by atoms with Crippen molar-refractivity contribution < 1.29 is 14.5 Å². The maximum atomic E-state index is 12.4. The third-order valence-electron chi connectivity index (χ3n) is 2.89. The number of nitrogen functional groups attached to an aromatic ring is 1. The minimum absolute atomic E-state index is 0.0244. The van der Waals surface area contributed by atoms with Gasteiger partial charge in [-0.25, -0.2) is 4.98 Å². The fourth-order valence-electron chi connectivity index (χ4n) is 1.88. The van der Waals surface area contributed by atoms with Crippen LogP contribution in [0.25, 0.3) is 0 Å². The van der Waals surface area contributed by atoms with Crippen molar-refractivity contribution in [2.45, 2.75) is 19.9 Å². The molecule has 0 saturated heterocycles. The van der Waals surface area contributed by atoms with E-state index in [1.54, 1.807) is 0 Å². The zero-order chi connectivity index (χ0) is 15.3. The lowest BCUT2D eigenvalue weighted by Gasteiger charge is -2.27. The first-order valence-corrected chi connectivity index (χ1v) is 6.12. The quantitative estimate of drug-likeness (QED) is 0.617. The number of anilines is 1. The van der Waals surface area contributed by atoms with Crippen molar-refractivity contribution in [3.05, 3.63) is 27.9 Å². The molecule has 1 rings (SSSR count). The molecular weight excluding hydrogens is 264 g/mol. The van der Waals surface area contributed by atoms with Gasteiger partial charge in [-0.1, -0.05) is 0 Å². The zero-order valence-corrected chi connectivity index (χ0v) is 11.7. The van der Waals surface area contributed by atoms with Crippen molar-refractivity contribution in [1.29, 1.82) is 0 Å². The Morgan fingerprint density at radius 2 is 2.30 bits per heavy atom. The number of nitro groups is 1. The average molecular weight is 282 g/mol. The van der Waals surface area contributed by atoms with Crippen molar-refractivity contribution in [3.8, 4) is 0 Å². The Labute approximate surface area is 116 Å². The van der Waals surface area contributed by atoms with Gasteiger partial charge in [0.05, 0.1) is 23.1 Å². The van der Waals surface area contributed by atoms with Gasteiger partial charge in [0.25, 0.3) is 11.6 Å². The van der Waals surface area contributed by atoms with Crippen LogP contribution in [0.2, 0.25) is 0 Å². The standard InChI is InChI=1S/C12H18N4O4/c1-4-15(8(2)7-20-3)12(17)10-5-9(16(18)19)6-14-11(10)13/h5-6,8H,4,7H2,1-3H3,(H2,13,14). The molecule has 0 fully saturated rings. The predicted molar refractivity (Wildman–Crippen MR) is 73.4 cm³/mol. The van der Waals surface area contributed by atoms with E-state index in [4.69, 9.17) is 10.5 Å². The maximum absolute atomic E-state index is 12.4. The fraction of sp³-hybridized carbons (Fsp3) is 0.500. The molecule has 8 nitrogen and oxygen atoms in total. The van der Waals surface area contributed by atoms with Crippen LogP contribution < -0.4 is 5.73 Å². The molecule has 1 unspecified atom stereocenters. The minimum Gasteiger partial charge on any atom is -0.383 e. The highest BCUT2D eigenvalue weighted by Crippen LogP contribution is 2.19. The third-order valence-corrected chi connectivity index (χ3v) is 2.89. The molecule has 110 valence electrons. The highest BCUT2D eigenvalue weighted by atomic mass is 16.6. The Hall–Kier alpha value is -2.22. The van der Waals surface area contributed by atoms with Crippen molar-refractivity contribution in [1.82, 2.24) is 9.88 Å². The number of aromatic nitrogens is 1. The largest absolute Gasteiger partial charge is 0.383 e. The maximum Gasteiger partial charge on any atom is 0.288 e. The van der Waals surface area contributed by atoms with E-state index in [1.807, 2.05) is 13.8 Å². The second-order valence-corrected chi connectivity index (χ2v) is 4.28. The van der Waals surface area contributed by atoms with Gasteiger partial charge < -0.3 is 15.4 Å². The Balaban J connectivity index is 3.11. The summed E-state index contributed by atoms with van der Waals surface area (Å²) in [6.45, 7) is 4.43. The van der Waals surface area contributed by atoms with Crippen molar-refractivity contribution in [2.24, 2.45) is 0 Å². The molecular formula is C12H18N4O4. The summed E-state index contributed by atoms with van der Waals surface area (Å²) in [7, 11) is 1.54. The normalized spacial score (nSPS) is 11.9. The van der Waals surface area contributed by atoms with E-state index < -0.39 is 10.8 Å². The van der Waals surface area contributed by atoms with Crippen LogP contribution in [-0.4, -0.2) is 47.0 Å². The molecule has 0 aliphatic rings. The molecule has 1 heterocycles.